The topological polar surface area (TPSA) is 36.4 Å². The smallest absolute Gasteiger partial charge is 0.222 e. The van der Waals surface area contributed by atoms with Gasteiger partial charge in [0.1, 0.15) is 0 Å². The van der Waals surface area contributed by atoms with Gasteiger partial charge in [0.05, 0.1) is 0 Å². The van der Waals surface area contributed by atoms with E-state index >= 15 is 0 Å². The molecule has 0 spiro atoms. The lowest BCUT2D eigenvalue weighted by molar-refractivity contribution is -0.133. The molecule has 0 aromatic carbocycles. The molecule has 5 heteroatoms. The first-order chi connectivity index (χ1) is 9.29. The molecule has 1 aliphatic rings. The van der Waals surface area contributed by atoms with Gasteiger partial charge < -0.3 is 4.90 Å². The SMILES string of the molecule is O=C(CCCCl)N1CCN(Cc2ccncc2)CC1. The molecule has 0 saturated carbocycles. The van der Waals surface area contributed by atoms with E-state index in [0.29, 0.717) is 12.3 Å². The highest BCUT2D eigenvalue weighted by Crippen LogP contribution is 2.09. The Labute approximate surface area is 119 Å². The van der Waals surface area contributed by atoms with Crippen LogP contribution in [0.1, 0.15) is 18.4 Å². The maximum Gasteiger partial charge on any atom is 0.222 e. The Bertz CT molecular complexity index is 391. The minimum absolute atomic E-state index is 0.240. The summed E-state index contributed by atoms with van der Waals surface area (Å²) in [7, 11) is 0. The van der Waals surface area contributed by atoms with Gasteiger partial charge in [-0.2, -0.15) is 0 Å². The summed E-state index contributed by atoms with van der Waals surface area (Å²) in [5.74, 6) is 0.803. The second-order valence-electron chi connectivity index (χ2n) is 4.80. The molecule has 0 atom stereocenters. The first kappa shape index (κ1) is 14.3. The van der Waals surface area contributed by atoms with Crippen LogP contribution in [0.25, 0.3) is 0 Å². The maximum atomic E-state index is 11.9. The summed E-state index contributed by atoms with van der Waals surface area (Å²) in [4.78, 5) is 20.2. The van der Waals surface area contributed by atoms with E-state index in [1.165, 1.54) is 5.56 Å². The minimum Gasteiger partial charge on any atom is -0.340 e. The third-order valence-corrected chi connectivity index (χ3v) is 3.67. The highest BCUT2D eigenvalue weighted by Gasteiger charge is 2.20. The first-order valence-electron chi connectivity index (χ1n) is 6.74. The fourth-order valence-electron chi connectivity index (χ4n) is 2.28. The zero-order chi connectivity index (χ0) is 13.5. The van der Waals surface area contributed by atoms with Crippen molar-refractivity contribution in [3.8, 4) is 0 Å². The van der Waals surface area contributed by atoms with E-state index in [1.54, 1.807) is 0 Å². The number of carbonyl (C=O) groups is 1. The fourth-order valence-corrected chi connectivity index (χ4v) is 2.41. The van der Waals surface area contributed by atoms with Gasteiger partial charge in [-0.1, -0.05) is 0 Å². The average Bonchev–Trinajstić information content (AvgIpc) is 2.46. The molecule has 0 radical (unpaired) electrons. The second-order valence-corrected chi connectivity index (χ2v) is 5.18. The van der Waals surface area contributed by atoms with Gasteiger partial charge in [0, 0.05) is 57.4 Å². The van der Waals surface area contributed by atoms with Crippen LogP contribution in [-0.2, 0) is 11.3 Å². The number of nitrogens with zero attached hydrogens (tertiary/aromatic N) is 3. The van der Waals surface area contributed by atoms with Crippen LogP contribution in [0.5, 0.6) is 0 Å². The molecular weight excluding hydrogens is 262 g/mol. The van der Waals surface area contributed by atoms with E-state index in [-0.39, 0.29) is 5.91 Å². The van der Waals surface area contributed by atoms with E-state index in [1.807, 2.05) is 29.4 Å². The molecule has 0 unspecified atom stereocenters. The summed E-state index contributed by atoms with van der Waals surface area (Å²) in [5.41, 5.74) is 1.27. The number of hydrogen-bond donors (Lipinski definition) is 0. The number of piperazine rings is 1. The normalized spacial score (nSPS) is 16.6. The van der Waals surface area contributed by atoms with Crippen molar-refractivity contribution in [2.75, 3.05) is 32.1 Å². The van der Waals surface area contributed by atoms with Crippen LogP contribution in [0.15, 0.2) is 24.5 Å². The third kappa shape index (κ3) is 4.48. The summed E-state index contributed by atoms with van der Waals surface area (Å²) >= 11 is 5.61. The lowest BCUT2D eigenvalue weighted by Gasteiger charge is -2.34. The monoisotopic (exact) mass is 281 g/mol. The summed E-state index contributed by atoms with van der Waals surface area (Å²) in [6.45, 7) is 4.47. The van der Waals surface area contributed by atoms with Crippen LogP contribution in [0.4, 0.5) is 0 Å². The molecule has 1 aromatic heterocycles. The predicted octanol–water partition coefficient (Wildman–Crippen LogP) is 1.74. The third-order valence-electron chi connectivity index (χ3n) is 3.40. The van der Waals surface area contributed by atoms with Crippen LogP contribution < -0.4 is 0 Å². The van der Waals surface area contributed by atoms with Gasteiger partial charge in [-0.3, -0.25) is 14.7 Å². The number of halogens is 1. The fraction of sp³-hybridized carbons (Fsp3) is 0.571. The van der Waals surface area contributed by atoms with E-state index in [4.69, 9.17) is 11.6 Å². The molecule has 1 amide bonds. The van der Waals surface area contributed by atoms with Gasteiger partial charge in [-0.05, 0) is 24.1 Å². The summed E-state index contributed by atoms with van der Waals surface area (Å²) < 4.78 is 0. The maximum absolute atomic E-state index is 11.9. The Kier molecular flexibility index (Phi) is 5.61. The quantitative estimate of drug-likeness (QED) is 0.772. The van der Waals surface area contributed by atoms with Gasteiger partial charge in [-0.15, -0.1) is 11.6 Å². The van der Waals surface area contributed by atoms with Crippen LogP contribution in [0, 0.1) is 0 Å². The molecule has 0 N–H and O–H groups in total. The molecular formula is C14H20ClN3O. The lowest BCUT2D eigenvalue weighted by Crippen LogP contribution is -2.48. The summed E-state index contributed by atoms with van der Waals surface area (Å²) in [6.07, 6.45) is 4.99. The molecule has 1 aliphatic heterocycles. The number of hydrogen-bond acceptors (Lipinski definition) is 3. The van der Waals surface area contributed by atoms with Gasteiger partial charge in [-0.25, -0.2) is 0 Å². The molecule has 0 aliphatic carbocycles. The number of aromatic nitrogens is 1. The van der Waals surface area contributed by atoms with Crippen LogP contribution in [0.2, 0.25) is 0 Å². The van der Waals surface area contributed by atoms with Crippen molar-refractivity contribution in [1.82, 2.24) is 14.8 Å². The zero-order valence-electron chi connectivity index (χ0n) is 11.1. The molecule has 4 nitrogen and oxygen atoms in total. The van der Waals surface area contributed by atoms with E-state index < -0.39 is 0 Å². The Balaban J connectivity index is 1.75. The first-order valence-corrected chi connectivity index (χ1v) is 7.28. The summed E-state index contributed by atoms with van der Waals surface area (Å²) in [5, 5.41) is 0. The van der Waals surface area contributed by atoms with E-state index in [9.17, 15) is 4.79 Å². The van der Waals surface area contributed by atoms with Gasteiger partial charge in [0.15, 0.2) is 0 Å². The molecule has 1 fully saturated rings. The van der Waals surface area contributed by atoms with Crippen LogP contribution in [-0.4, -0.2) is 52.8 Å². The average molecular weight is 282 g/mol. The Morgan fingerprint density at radius 3 is 2.53 bits per heavy atom. The Morgan fingerprint density at radius 2 is 1.89 bits per heavy atom. The van der Waals surface area contributed by atoms with Gasteiger partial charge >= 0.3 is 0 Å². The highest BCUT2D eigenvalue weighted by atomic mass is 35.5. The Morgan fingerprint density at radius 1 is 1.21 bits per heavy atom. The largest absolute Gasteiger partial charge is 0.340 e. The number of pyridine rings is 1. The molecule has 2 heterocycles. The standard InChI is InChI=1S/C14H20ClN3O/c15-5-1-2-14(19)18-10-8-17(9-11-18)12-13-3-6-16-7-4-13/h3-4,6-7H,1-2,5,8-12H2. The molecule has 19 heavy (non-hydrogen) atoms. The van der Waals surface area contributed by atoms with E-state index in [2.05, 4.69) is 9.88 Å². The molecule has 104 valence electrons. The summed E-state index contributed by atoms with van der Waals surface area (Å²) in [6, 6.07) is 4.08. The van der Waals surface area contributed by atoms with Crippen molar-refractivity contribution >= 4 is 17.5 Å². The zero-order valence-corrected chi connectivity index (χ0v) is 11.9. The number of rotatable bonds is 5. The van der Waals surface area contributed by atoms with Crippen molar-refractivity contribution in [1.29, 1.82) is 0 Å². The van der Waals surface area contributed by atoms with Gasteiger partial charge in [0.25, 0.3) is 0 Å². The van der Waals surface area contributed by atoms with Crippen LogP contribution in [0.3, 0.4) is 0 Å². The van der Waals surface area contributed by atoms with Crippen LogP contribution >= 0.6 is 11.6 Å². The van der Waals surface area contributed by atoms with Crippen molar-refractivity contribution in [3.05, 3.63) is 30.1 Å². The van der Waals surface area contributed by atoms with Crippen molar-refractivity contribution < 1.29 is 4.79 Å². The van der Waals surface area contributed by atoms with Crippen molar-refractivity contribution in [3.63, 3.8) is 0 Å². The number of alkyl halides is 1. The minimum atomic E-state index is 0.240. The Hall–Kier alpha value is -1.13. The lowest BCUT2D eigenvalue weighted by atomic mass is 10.2. The number of carbonyl (C=O) groups excluding carboxylic acids is 1. The number of amides is 1. The van der Waals surface area contributed by atoms with E-state index in [0.717, 1.165) is 39.1 Å². The van der Waals surface area contributed by atoms with Crippen molar-refractivity contribution in [2.45, 2.75) is 19.4 Å². The van der Waals surface area contributed by atoms with Crippen molar-refractivity contribution in [2.24, 2.45) is 0 Å². The second kappa shape index (κ2) is 7.46. The highest BCUT2D eigenvalue weighted by molar-refractivity contribution is 6.17. The molecule has 2 rings (SSSR count). The molecule has 1 aromatic rings. The molecule has 1 saturated heterocycles. The molecule has 0 bridgehead atoms. The predicted molar refractivity (Wildman–Crippen MR) is 76.0 cm³/mol. The van der Waals surface area contributed by atoms with Gasteiger partial charge in [0.2, 0.25) is 5.91 Å².